The third kappa shape index (κ3) is 3.40. The fourth-order valence-corrected chi connectivity index (χ4v) is 2.20. The van der Waals surface area contributed by atoms with Gasteiger partial charge in [-0.1, -0.05) is 34.8 Å². The molecule has 0 aromatic heterocycles. The van der Waals surface area contributed by atoms with Crippen molar-refractivity contribution < 1.29 is 14.6 Å². The van der Waals surface area contributed by atoms with E-state index in [-0.39, 0.29) is 17.0 Å². The Kier molecular flexibility index (Phi) is 4.75. The second kappa shape index (κ2) is 5.40. The van der Waals surface area contributed by atoms with Crippen LogP contribution in [0.2, 0.25) is 0 Å². The number of alkyl halides is 3. The lowest BCUT2D eigenvalue weighted by Gasteiger charge is -2.27. The van der Waals surface area contributed by atoms with Crippen molar-refractivity contribution in [3.05, 3.63) is 23.8 Å². The number of benzene rings is 1. The van der Waals surface area contributed by atoms with Crippen LogP contribution in [0.5, 0.6) is 5.75 Å². The van der Waals surface area contributed by atoms with Crippen molar-refractivity contribution in [2.24, 2.45) is 11.7 Å². The van der Waals surface area contributed by atoms with E-state index < -0.39 is 11.5 Å². The first kappa shape index (κ1) is 15.8. The smallest absolute Gasteiger partial charge is 0.392 e. The highest BCUT2D eigenvalue weighted by Crippen LogP contribution is 2.49. The van der Waals surface area contributed by atoms with Crippen molar-refractivity contribution in [2.45, 2.75) is 3.79 Å². The molecule has 1 aromatic rings. The molecule has 0 bridgehead atoms. The van der Waals surface area contributed by atoms with E-state index in [0.717, 1.165) is 6.07 Å². The van der Waals surface area contributed by atoms with Gasteiger partial charge in [-0.2, -0.15) is 5.20 Å². The lowest BCUT2D eigenvalue weighted by atomic mass is 10.2. The van der Waals surface area contributed by atoms with Gasteiger partial charge in [-0.25, -0.2) is 15.2 Å². The fourth-order valence-electron chi connectivity index (χ4n) is 1.16. The summed E-state index contributed by atoms with van der Waals surface area (Å²) >= 11 is 17.1. The van der Waals surface area contributed by atoms with Crippen LogP contribution in [0, 0.1) is 0 Å². The van der Waals surface area contributed by atoms with Gasteiger partial charge in [0, 0.05) is 5.56 Å². The van der Waals surface area contributed by atoms with E-state index in [0.29, 0.717) is 4.78 Å². The summed E-state index contributed by atoms with van der Waals surface area (Å²) in [6, 6.07) is 3.54. The summed E-state index contributed by atoms with van der Waals surface area (Å²) < 4.78 is 10.1. The lowest BCUT2D eigenvalue weighted by molar-refractivity contribution is 0.459. The molecule has 11 heteroatoms. The van der Waals surface area contributed by atoms with Crippen molar-refractivity contribution in [1.82, 2.24) is 5.20 Å². The van der Waals surface area contributed by atoms with Crippen molar-refractivity contribution in [1.29, 1.82) is 0 Å². The topological polar surface area (TPSA) is 125 Å². The number of phenols is 1. The molecule has 0 saturated carbocycles. The highest BCUT2D eigenvalue weighted by molar-refractivity contribution is 7.57. The molecule has 7 N–H and O–H groups in total. The summed E-state index contributed by atoms with van der Waals surface area (Å²) in [6.07, 6.45) is 0. The van der Waals surface area contributed by atoms with Crippen LogP contribution in [0.25, 0.3) is 0 Å². The lowest BCUT2D eigenvalue weighted by Crippen LogP contribution is -2.37. The zero-order chi connectivity index (χ0) is 14.1. The number of nitrogens with zero attached hydrogens (tertiary/aromatic N) is 1. The molecule has 0 spiro atoms. The molecule has 0 radical (unpaired) electrons. The van der Waals surface area contributed by atoms with Crippen LogP contribution in [0.4, 0.5) is 5.69 Å². The number of hydrogen-bond donors (Lipinski definition) is 5. The number of rotatable bonds is 3. The molecule has 1 atom stereocenters. The molecule has 0 amide bonds. The van der Waals surface area contributed by atoms with Crippen LogP contribution in [-0.2, 0) is 8.36 Å². The van der Waals surface area contributed by atoms with E-state index in [9.17, 15) is 14.6 Å². The number of nitrogens with one attached hydrogen (secondary N) is 1. The van der Waals surface area contributed by atoms with E-state index in [1.165, 1.54) is 12.1 Å². The molecule has 0 aliphatic carbocycles. The molecule has 0 fully saturated rings. The normalized spacial score (nSPS) is 15.2. The first-order valence-electron chi connectivity index (χ1n) is 4.36. The number of hydrazine groups is 2. The van der Waals surface area contributed by atoms with Crippen LogP contribution in [0.15, 0.2) is 18.2 Å². The first-order valence-corrected chi connectivity index (χ1v) is 7.10. The molecular weight excluding hydrogens is 325 g/mol. The highest BCUT2D eigenvalue weighted by Gasteiger charge is 2.33. The average molecular weight is 336 g/mol. The predicted molar refractivity (Wildman–Crippen MR) is 71.2 cm³/mol. The molecule has 1 unspecified atom stereocenters. The monoisotopic (exact) mass is 334 g/mol. The molecule has 7 nitrogen and oxygen atoms in total. The minimum absolute atomic E-state index is 0.0699. The molecule has 0 heterocycles. The van der Waals surface area contributed by atoms with Crippen molar-refractivity contribution >= 4 is 48.2 Å². The first-order chi connectivity index (χ1) is 8.09. The maximum absolute atomic E-state index is 11.6. The minimum atomic E-state index is -4.22. The number of anilines is 1. The van der Waals surface area contributed by atoms with Crippen molar-refractivity contribution in [3.63, 3.8) is 0 Å². The Labute approximate surface area is 118 Å². The standard InChI is InChI=1S/C7H10Cl3N4O3P/c8-7(9,10)5-3-4(15)1-2-6(5)14(12)18(16,17)13-11/h1-3,15H,11-12H2,(H2,13,16,17). The fraction of sp³-hybridized carbons (Fsp3) is 0.143. The Hall–Kier alpha value is -0.240. The molecule has 1 aromatic carbocycles. The van der Waals surface area contributed by atoms with Gasteiger partial charge in [0.05, 0.1) is 5.69 Å². The van der Waals surface area contributed by atoms with Crippen LogP contribution >= 0.6 is 42.5 Å². The van der Waals surface area contributed by atoms with Gasteiger partial charge in [0.1, 0.15) is 5.75 Å². The van der Waals surface area contributed by atoms with Gasteiger partial charge in [0.25, 0.3) is 0 Å². The number of aromatic hydroxyl groups is 1. The average Bonchev–Trinajstić information content (AvgIpc) is 2.27. The third-order valence-electron chi connectivity index (χ3n) is 1.99. The largest absolute Gasteiger partial charge is 0.508 e. The second-order valence-electron chi connectivity index (χ2n) is 3.22. The van der Waals surface area contributed by atoms with Gasteiger partial charge in [0.15, 0.2) is 0 Å². The Morgan fingerprint density at radius 1 is 1.39 bits per heavy atom. The molecular formula is C7H10Cl3N4O3P. The van der Waals surface area contributed by atoms with Gasteiger partial charge in [-0.05, 0) is 18.2 Å². The summed E-state index contributed by atoms with van der Waals surface area (Å²) in [5.41, 5.74) is -0.142. The number of nitrogens with two attached hydrogens (primary N) is 2. The zero-order valence-electron chi connectivity index (χ0n) is 8.72. The molecule has 18 heavy (non-hydrogen) atoms. The van der Waals surface area contributed by atoms with E-state index >= 15 is 0 Å². The predicted octanol–water partition coefficient (Wildman–Crippen LogP) is 1.46. The zero-order valence-corrected chi connectivity index (χ0v) is 11.9. The number of halogens is 3. The summed E-state index contributed by atoms with van der Waals surface area (Å²) in [4.78, 5) is 9.43. The van der Waals surface area contributed by atoms with E-state index in [4.69, 9.17) is 46.5 Å². The number of phenolic OH excluding ortho intramolecular Hbond substituents is 1. The Morgan fingerprint density at radius 2 is 1.94 bits per heavy atom. The van der Waals surface area contributed by atoms with Crippen molar-refractivity contribution in [3.8, 4) is 5.75 Å². The Balaban J connectivity index is 3.38. The van der Waals surface area contributed by atoms with Gasteiger partial charge in [-0.15, -0.1) is 0 Å². The molecule has 102 valence electrons. The third-order valence-corrected chi connectivity index (χ3v) is 3.74. The van der Waals surface area contributed by atoms with E-state index in [2.05, 4.69) is 0 Å². The van der Waals surface area contributed by atoms with Crippen molar-refractivity contribution in [2.75, 3.05) is 4.78 Å². The van der Waals surface area contributed by atoms with Crippen LogP contribution in [0.3, 0.4) is 0 Å². The quantitative estimate of drug-likeness (QED) is 0.245. The maximum atomic E-state index is 11.6. The summed E-state index contributed by atoms with van der Waals surface area (Å²) in [6.45, 7) is 0. The molecule has 1 rings (SSSR count). The summed E-state index contributed by atoms with van der Waals surface area (Å²) in [5.74, 6) is 10.2. The second-order valence-corrected chi connectivity index (χ2v) is 7.28. The van der Waals surface area contributed by atoms with Gasteiger partial charge in [0.2, 0.25) is 3.79 Å². The Morgan fingerprint density at radius 3 is 2.39 bits per heavy atom. The molecule has 0 aliphatic rings. The highest BCUT2D eigenvalue weighted by atomic mass is 35.6. The maximum Gasteiger partial charge on any atom is 0.392 e. The van der Waals surface area contributed by atoms with Crippen LogP contribution in [-0.4, -0.2) is 10.00 Å². The molecule has 0 aliphatic heterocycles. The minimum Gasteiger partial charge on any atom is -0.508 e. The summed E-state index contributed by atoms with van der Waals surface area (Å²) in [5, 5.41) is 11.0. The van der Waals surface area contributed by atoms with Gasteiger partial charge < -0.3 is 10.00 Å². The number of hydrogen-bond acceptors (Lipinski definition) is 4. The van der Waals surface area contributed by atoms with Crippen LogP contribution < -0.4 is 21.7 Å². The summed E-state index contributed by atoms with van der Waals surface area (Å²) in [7, 11) is -4.22. The van der Waals surface area contributed by atoms with Crippen LogP contribution in [0.1, 0.15) is 5.56 Å². The van der Waals surface area contributed by atoms with E-state index in [1.54, 1.807) is 5.20 Å². The Bertz CT molecular complexity index is 495. The molecule has 0 saturated heterocycles. The van der Waals surface area contributed by atoms with Gasteiger partial charge >= 0.3 is 7.67 Å². The van der Waals surface area contributed by atoms with Gasteiger partial charge in [-0.3, -0.25) is 5.84 Å². The van der Waals surface area contributed by atoms with E-state index in [1.807, 2.05) is 0 Å². The SMILES string of the molecule is NNP(=O)(O)N(N)c1ccc(O)cc1C(Cl)(Cl)Cl.